The Morgan fingerprint density at radius 2 is 2.35 bits per heavy atom. The normalized spacial score (nSPS) is 23.6. The maximum absolute atomic E-state index is 13.2. The van der Waals surface area contributed by atoms with E-state index < -0.39 is 0 Å². The van der Waals surface area contributed by atoms with Gasteiger partial charge in [0.1, 0.15) is 5.82 Å². The predicted octanol–water partition coefficient (Wildman–Crippen LogP) is 2.56. The van der Waals surface area contributed by atoms with Crippen LogP contribution in [0, 0.1) is 11.7 Å². The van der Waals surface area contributed by atoms with Crippen molar-refractivity contribution in [2.45, 2.75) is 25.8 Å². The van der Waals surface area contributed by atoms with E-state index in [1.807, 2.05) is 6.07 Å². The molecule has 0 bridgehead atoms. The molecule has 0 aromatic heterocycles. The molecule has 0 radical (unpaired) electrons. The number of nitrogens with two attached hydrogens (primary N) is 1. The number of nitrogens with zero attached hydrogens (tertiary/aromatic N) is 1. The lowest BCUT2D eigenvalue weighted by atomic mass is 9.96. The van der Waals surface area contributed by atoms with E-state index in [0.29, 0.717) is 12.5 Å². The third kappa shape index (κ3) is 3.05. The van der Waals surface area contributed by atoms with Gasteiger partial charge in [0.05, 0.1) is 0 Å². The van der Waals surface area contributed by atoms with Crippen molar-refractivity contribution < 1.29 is 4.39 Å². The van der Waals surface area contributed by atoms with Gasteiger partial charge in [-0.3, -0.25) is 4.90 Å². The van der Waals surface area contributed by atoms with Gasteiger partial charge in [-0.1, -0.05) is 19.1 Å². The van der Waals surface area contributed by atoms with Crippen LogP contribution in [0.15, 0.2) is 24.3 Å². The summed E-state index contributed by atoms with van der Waals surface area (Å²) >= 11 is 0. The molecule has 1 saturated heterocycles. The van der Waals surface area contributed by atoms with E-state index in [-0.39, 0.29) is 11.9 Å². The molecule has 0 saturated carbocycles. The maximum atomic E-state index is 13.2. The minimum atomic E-state index is -0.175. The molecule has 2 N–H and O–H groups in total. The van der Waals surface area contributed by atoms with Crippen LogP contribution in [0.4, 0.5) is 4.39 Å². The molecule has 1 aliphatic heterocycles. The smallest absolute Gasteiger partial charge is 0.123 e. The van der Waals surface area contributed by atoms with Gasteiger partial charge < -0.3 is 5.73 Å². The molecular formula is C14H21FN2. The molecule has 1 aromatic carbocycles. The first kappa shape index (κ1) is 12.5. The van der Waals surface area contributed by atoms with Gasteiger partial charge in [-0.15, -0.1) is 0 Å². The minimum Gasteiger partial charge on any atom is -0.329 e. The van der Waals surface area contributed by atoms with Crippen LogP contribution in [0.3, 0.4) is 0 Å². The fourth-order valence-electron chi connectivity index (χ4n) is 2.72. The molecule has 3 heteroatoms. The van der Waals surface area contributed by atoms with Crippen molar-refractivity contribution in [1.82, 2.24) is 4.90 Å². The number of benzene rings is 1. The van der Waals surface area contributed by atoms with Crippen LogP contribution in [0.25, 0.3) is 0 Å². The van der Waals surface area contributed by atoms with Crippen LogP contribution in [0.2, 0.25) is 0 Å². The highest BCUT2D eigenvalue weighted by atomic mass is 19.1. The first-order chi connectivity index (χ1) is 8.20. The SMILES string of the molecule is CC1CCCN(C(CN)c2cccc(F)c2)C1. The van der Waals surface area contributed by atoms with Gasteiger partial charge in [0.15, 0.2) is 0 Å². The number of rotatable bonds is 3. The first-order valence-electron chi connectivity index (χ1n) is 6.40. The Morgan fingerprint density at radius 3 is 3.00 bits per heavy atom. The molecule has 1 heterocycles. The second-order valence-corrected chi connectivity index (χ2v) is 5.05. The average molecular weight is 236 g/mol. The highest BCUT2D eigenvalue weighted by molar-refractivity contribution is 5.20. The summed E-state index contributed by atoms with van der Waals surface area (Å²) in [5.41, 5.74) is 6.87. The van der Waals surface area contributed by atoms with E-state index in [4.69, 9.17) is 5.73 Å². The van der Waals surface area contributed by atoms with Crippen molar-refractivity contribution in [1.29, 1.82) is 0 Å². The minimum absolute atomic E-state index is 0.161. The van der Waals surface area contributed by atoms with E-state index in [2.05, 4.69) is 11.8 Å². The second kappa shape index (κ2) is 5.61. The Bertz CT molecular complexity index is 367. The van der Waals surface area contributed by atoms with Crippen LogP contribution in [-0.2, 0) is 0 Å². The van der Waals surface area contributed by atoms with Crippen LogP contribution < -0.4 is 5.73 Å². The van der Waals surface area contributed by atoms with E-state index in [1.165, 1.54) is 18.9 Å². The van der Waals surface area contributed by atoms with Gasteiger partial charge in [0.25, 0.3) is 0 Å². The van der Waals surface area contributed by atoms with Crippen molar-refractivity contribution in [3.8, 4) is 0 Å². The third-order valence-corrected chi connectivity index (χ3v) is 3.59. The summed E-state index contributed by atoms with van der Waals surface area (Å²) in [6.45, 7) is 4.96. The molecule has 1 aromatic rings. The summed E-state index contributed by atoms with van der Waals surface area (Å²) in [7, 11) is 0. The standard InChI is InChI=1S/C14H21FN2/c1-11-4-3-7-17(10-11)14(9-16)12-5-2-6-13(15)8-12/h2,5-6,8,11,14H,3-4,7,9-10,16H2,1H3. The molecule has 0 amide bonds. The topological polar surface area (TPSA) is 29.3 Å². The fraction of sp³-hybridized carbons (Fsp3) is 0.571. The monoisotopic (exact) mass is 236 g/mol. The van der Waals surface area contributed by atoms with Crippen molar-refractivity contribution in [2.75, 3.05) is 19.6 Å². The molecule has 0 aliphatic carbocycles. The van der Waals surface area contributed by atoms with E-state index in [1.54, 1.807) is 12.1 Å². The average Bonchev–Trinajstić information content (AvgIpc) is 2.30. The highest BCUT2D eigenvalue weighted by Gasteiger charge is 2.24. The number of piperidine rings is 1. The van der Waals surface area contributed by atoms with E-state index in [0.717, 1.165) is 18.7 Å². The summed E-state index contributed by atoms with van der Waals surface area (Å²) in [6, 6.07) is 6.99. The lowest BCUT2D eigenvalue weighted by Gasteiger charge is -2.37. The summed E-state index contributed by atoms with van der Waals surface area (Å²) in [4.78, 5) is 2.39. The zero-order valence-corrected chi connectivity index (χ0v) is 10.4. The van der Waals surface area contributed by atoms with Crippen molar-refractivity contribution >= 4 is 0 Å². The number of halogens is 1. The summed E-state index contributed by atoms with van der Waals surface area (Å²) < 4.78 is 13.2. The van der Waals surface area contributed by atoms with Gasteiger partial charge in [-0.05, 0) is 43.0 Å². The van der Waals surface area contributed by atoms with E-state index in [9.17, 15) is 4.39 Å². The van der Waals surface area contributed by atoms with Crippen LogP contribution in [-0.4, -0.2) is 24.5 Å². The molecule has 94 valence electrons. The quantitative estimate of drug-likeness (QED) is 0.874. The zero-order valence-electron chi connectivity index (χ0n) is 10.4. The van der Waals surface area contributed by atoms with Crippen molar-refractivity contribution in [3.05, 3.63) is 35.6 Å². The summed E-state index contributed by atoms with van der Waals surface area (Å²) in [6.07, 6.45) is 2.50. The number of hydrogen-bond acceptors (Lipinski definition) is 2. The predicted molar refractivity (Wildman–Crippen MR) is 68.2 cm³/mol. The molecule has 0 spiro atoms. The lowest BCUT2D eigenvalue weighted by Crippen LogP contribution is -2.40. The Labute approximate surface area is 103 Å². The van der Waals surface area contributed by atoms with Gasteiger partial charge in [0.2, 0.25) is 0 Å². The molecule has 2 atom stereocenters. The van der Waals surface area contributed by atoms with Gasteiger partial charge in [-0.2, -0.15) is 0 Å². The Balaban J connectivity index is 2.15. The molecule has 1 aliphatic rings. The van der Waals surface area contributed by atoms with Crippen LogP contribution in [0.5, 0.6) is 0 Å². The molecule has 17 heavy (non-hydrogen) atoms. The summed E-state index contributed by atoms with van der Waals surface area (Å²) in [5.74, 6) is 0.539. The lowest BCUT2D eigenvalue weighted by molar-refractivity contribution is 0.133. The van der Waals surface area contributed by atoms with Crippen LogP contribution in [0.1, 0.15) is 31.4 Å². The summed E-state index contributed by atoms with van der Waals surface area (Å²) in [5, 5.41) is 0. The molecule has 2 nitrogen and oxygen atoms in total. The number of likely N-dealkylation sites (tertiary alicyclic amines) is 1. The van der Waals surface area contributed by atoms with Gasteiger partial charge >= 0.3 is 0 Å². The molecule has 2 rings (SSSR count). The van der Waals surface area contributed by atoms with Crippen molar-refractivity contribution in [3.63, 3.8) is 0 Å². The maximum Gasteiger partial charge on any atom is 0.123 e. The number of hydrogen-bond donors (Lipinski definition) is 1. The van der Waals surface area contributed by atoms with Gasteiger partial charge in [-0.25, -0.2) is 4.39 Å². The molecular weight excluding hydrogens is 215 g/mol. The van der Waals surface area contributed by atoms with Crippen molar-refractivity contribution in [2.24, 2.45) is 11.7 Å². The molecule has 2 unspecified atom stereocenters. The first-order valence-corrected chi connectivity index (χ1v) is 6.40. The van der Waals surface area contributed by atoms with Crippen LogP contribution >= 0.6 is 0 Å². The zero-order chi connectivity index (χ0) is 12.3. The van der Waals surface area contributed by atoms with Gasteiger partial charge in [0, 0.05) is 19.1 Å². The Hall–Kier alpha value is -0.930. The largest absolute Gasteiger partial charge is 0.329 e. The molecule has 1 fully saturated rings. The highest BCUT2D eigenvalue weighted by Crippen LogP contribution is 2.26. The van der Waals surface area contributed by atoms with E-state index >= 15 is 0 Å². The second-order valence-electron chi connectivity index (χ2n) is 5.05. The Kier molecular flexibility index (Phi) is 4.13. The Morgan fingerprint density at radius 1 is 1.53 bits per heavy atom. The fourth-order valence-corrected chi connectivity index (χ4v) is 2.72. The third-order valence-electron chi connectivity index (χ3n) is 3.59.